The fraction of sp³-hybridized carbons (Fsp3) is 0.462. The molecule has 17 heavy (non-hydrogen) atoms. The SMILES string of the molecule is [2H]C([2H])([2H])C(NC(C)C(=O)c1ccc(Cl)c(Cl)c1)(C([2H])([2H])[2H])C([2H])([2H])[2H]. The Hall–Kier alpha value is -0.570. The molecule has 0 aliphatic carbocycles. The van der Waals surface area contributed by atoms with Gasteiger partial charge in [0.25, 0.3) is 0 Å². The minimum Gasteiger partial charge on any atom is -0.303 e. The first-order chi connectivity index (χ1) is 11.5. The average molecular weight is 283 g/mol. The first-order valence-corrected chi connectivity index (χ1v) is 5.48. The van der Waals surface area contributed by atoms with E-state index in [2.05, 4.69) is 5.32 Å². The van der Waals surface area contributed by atoms with Gasteiger partial charge in [-0.2, -0.15) is 0 Å². The zero-order valence-corrected chi connectivity index (χ0v) is 10.5. The molecule has 94 valence electrons. The van der Waals surface area contributed by atoms with Gasteiger partial charge in [-0.25, -0.2) is 0 Å². The van der Waals surface area contributed by atoms with E-state index in [1.165, 1.54) is 25.1 Å². The molecule has 0 spiro atoms. The Morgan fingerprint density at radius 3 is 2.53 bits per heavy atom. The molecule has 0 saturated carbocycles. The topological polar surface area (TPSA) is 29.1 Å². The Morgan fingerprint density at radius 2 is 2.00 bits per heavy atom. The summed E-state index contributed by atoms with van der Waals surface area (Å²) in [4.78, 5) is 12.6. The lowest BCUT2D eigenvalue weighted by molar-refractivity contribution is 0.0936. The van der Waals surface area contributed by atoms with Crippen LogP contribution in [-0.2, 0) is 0 Å². The van der Waals surface area contributed by atoms with Gasteiger partial charge in [0.05, 0.1) is 16.1 Å². The number of Topliss-reactive ketones (excluding diaryl/α,β-unsaturated/α-hetero) is 1. The average Bonchev–Trinajstić information content (AvgIpc) is 2.42. The fourth-order valence-electron chi connectivity index (χ4n) is 1.29. The van der Waals surface area contributed by atoms with E-state index in [0.717, 1.165) is 0 Å². The van der Waals surface area contributed by atoms with Crippen molar-refractivity contribution in [3.63, 3.8) is 0 Å². The van der Waals surface area contributed by atoms with Crippen molar-refractivity contribution in [2.45, 2.75) is 39.1 Å². The van der Waals surface area contributed by atoms with E-state index >= 15 is 0 Å². The quantitative estimate of drug-likeness (QED) is 0.851. The maximum absolute atomic E-state index is 12.6. The maximum Gasteiger partial charge on any atom is 0.179 e. The van der Waals surface area contributed by atoms with Gasteiger partial charge in [0.1, 0.15) is 0 Å². The Morgan fingerprint density at radius 1 is 1.35 bits per heavy atom. The van der Waals surface area contributed by atoms with Crippen LogP contribution in [0.3, 0.4) is 0 Å². The predicted molar refractivity (Wildman–Crippen MR) is 73.1 cm³/mol. The zero-order valence-electron chi connectivity index (χ0n) is 18.0. The molecule has 0 aliphatic heterocycles. The highest BCUT2D eigenvalue weighted by molar-refractivity contribution is 6.42. The van der Waals surface area contributed by atoms with Crippen LogP contribution in [0.25, 0.3) is 0 Å². The lowest BCUT2D eigenvalue weighted by Crippen LogP contribution is -2.46. The third kappa shape index (κ3) is 4.30. The molecule has 4 heteroatoms. The molecular weight excluding hydrogens is 257 g/mol. The molecular formula is C13H17Cl2NO. The molecule has 0 radical (unpaired) electrons. The zero-order chi connectivity index (χ0) is 20.7. The summed E-state index contributed by atoms with van der Waals surface area (Å²) in [5.41, 5.74) is -3.27. The number of benzene rings is 1. The molecule has 1 unspecified atom stereocenters. The van der Waals surface area contributed by atoms with Crippen LogP contribution in [0.5, 0.6) is 0 Å². The molecule has 1 aromatic carbocycles. The lowest BCUT2D eigenvalue weighted by Gasteiger charge is -2.25. The molecule has 1 aromatic rings. The van der Waals surface area contributed by atoms with Gasteiger partial charge in [0.15, 0.2) is 5.78 Å². The van der Waals surface area contributed by atoms with Gasteiger partial charge in [-0.1, -0.05) is 23.2 Å². The molecule has 2 nitrogen and oxygen atoms in total. The van der Waals surface area contributed by atoms with E-state index in [1.807, 2.05) is 0 Å². The number of nitrogens with one attached hydrogen (secondary N) is 1. The number of halogens is 2. The largest absolute Gasteiger partial charge is 0.303 e. The normalized spacial score (nSPS) is 23.6. The highest BCUT2D eigenvalue weighted by Gasteiger charge is 2.20. The monoisotopic (exact) mass is 282 g/mol. The van der Waals surface area contributed by atoms with Crippen LogP contribution in [0.1, 0.15) is 50.2 Å². The smallest absolute Gasteiger partial charge is 0.179 e. The Balaban J connectivity index is 3.39. The number of ketones is 1. The van der Waals surface area contributed by atoms with Gasteiger partial charge in [-0.15, -0.1) is 0 Å². The van der Waals surface area contributed by atoms with Crippen LogP contribution in [0.15, 0.2) is 18.2 Å². The van der Waals surface area contributed by atoms with Gasteiger partial charge in [-0.05, 0) is 45.7 Å². The van der Waals surface area contributed by atoms with Crippen LogP contribution >= 0.6 is 23.2 Å². The van der Waals surface area contributed by atoms with Gasteiger partial charge in [-0.3, -0.25) is 4.79 Å². The van der Waals surface area contributed by atoms with Crippen LogP contribution in [0.4, 0.5) is 0 Å². The third-order valence-corrected chi connectivity index (χ3v) is 2.77. The minimum absolute atomic E-state index is 0.0231. The molecule has 0 saturated heterocycles. The van der Waals surface area contributed by atoms with Crippen LogP contribution < -0.4 is 5.32 Å². The highest BCUT2D eigenvalue weighted by atomic mass is 35.5. The van der Waals surface area contributed by atoms with Crippen molar-refractivity contribution >= 4 is 29.0 Å². The molecule has 1 N–H and O–H groups in total. The van der Waals surface area contributed by atoms with E-state index in [4.69, 9.17) is 35.5 Å². The first kappa shape index (κ1) is 6.05. The number of hydrogen-bond donors (Lipinski definition) is 1. The van der Waals surface area contributed by atoms with Gasteiger partial charge in [0, 0.05) is 23.4 Å². The van der Waals surface area contributed by atoms with Crippen molar-refractivity contribution in [1.82, 2.24) is 5.32 Å². The summed E-state index contributed by atoms with van der Waals surface area (Å²) in [7, 11) is 0. The number of hydrogen-bond acceptors (Lipinski definition) is 2. The van der Waals surface area contributed by atoms with E-state index in [0.29, 0.717) is 0 Å². The van der Waals surface area contributed by atoms with E-state index in [9.17, 15) is 4.79 Å². The molecule has 0 amide bonds. The summed E-state index contributed by atoms with van der Waals surface area (Å²) in [6.45, 7) is -9.16. The maximum atomic E-state index is 12.6. The van der Waals surface area contributed by atoms with E-state index < -0.39 is 37.9 Å². The highest BCUT2D eigenvalue weighted by Crippen LogP contribution is 2.23. The molecule has 0 aromatic heterocycles. The predicted octanol–water partition coefficient (Wildman–Crippen LogP) is 3.95. The van der Waals surface area contributed by atoms with Crippen LogP contribution in [0.2, 0.25) is 10.0 Å². The molecule has 0 heterocycles. The van der Waals surface area contributed by atoms with Crippen LogP contribution in [-0.4, -0.2) is 17.4 Å². The molecule has 1 atom stereocenters. The number of carbonyl (C=O) groups excluding carboxylic acids is 1. The van der Waals surface area contributed by atoms with Crippen LogP contribution in [0, 0.1) is 0 Å². The Labute approximate surface area is 125 Å². The van der Waals surface area contributed by atoms with Gasteiger partial charge >= 0.3 is 0 Å². The lowest BCUT2D eigenvalue weighted by atomic mass is 10.0. The molecule has 0 fully saturated rings. The summed E-state index contributed by atoms with van der Waals surface area (Å²) >= 11 is 11.6. The summed E-state index contributed by atoms with van der Waals surface area (Å²) in [6.07, 6.45) is 0. The van der Waals surface area contributed by atoms with Crippen molar-refractivity contribution in [1.29, 1.82) is 0 Å². The van der Waals surface area contributed by atoms with Crippen molar-refractivity contribution < 1.29 is 17.1 Å². The second-order valence-electron chi connectivity index (χ2n) is 3.61. The van der Waals surface area contributed by atoms with Gasteiger partial charge < -0.3 is 5.32 Å². The Kier molecular flexibility index (Phi) is 1.92. The summed E-state index contributed by atoms with van der Waals surface area (Å²) < 4.78 is 68.0. The van der Waals surface area contributed by atoms with Crippen molar-refractivity contribution in [3.8, 4) is 0 Å². The summed E-state index contributed by atoms with van der Waals surface area (Å²) in [6, 6.07) is 2.45. The molecule has 0 bridgehead atoms. The summed E-state index contributed by atoms with van der Waals surface area (Å²) in [5, 5.41) is 2.32. The second kappa shape index (κ2) is 5.38. The van der Waals surface area contributed by atoms with E-state index in [1.54, 1.807) is 0 Å². The standard InChI is InChI=1S/C13H17Cl2NO/c1-8(16-13(2,3)4)12(17)9-5-6-10(14)11(15)7-9/h5-8,16H,1-4H3/i2D3,3D3,4D3. The first-order valence-electron chi connectivity index (χ1n) is 9.22. The minimum atomic E-state index is -3.45. The third-order valence-electron chi connectivity index (χ3n) is 2.03. The van der Waals surface area contributed by atoms with Crippen molar-refractivity contribution in [2.24, 2.45) is 0 Å². The van der Waals surface area contributed by atoms with E-state index in [-0.39, 0.29) is 15.6 Å². The summed E-state index contributed by atoms with van der Waals surface area (Å²) in [5.74, 6) is -0.731. The second-order valence-corrected chi connectivity index (χ2v) is 4.42. The van der Waals surface area contributed by atoms with Crippen molar-refractivity contribution in [2.75, 3.05) is 0 Å². The Bertz CT molecular complexity index is 646. The number of carbonyl (C=O) groups is 1. The molecule has 0 aliphatic rings. The molecule has 1 rings (SSSR count). The number of rotatable bonds is 3. The van der Waals surface area contributed by atoms with Gasteiger partial charge in [0.2, 0.25) is 0 Å². The van der Waals surface area contributed by atoms with Crippen molar-refractivity contribution in [3.05, 3.63) is 33.8 Å². The fourth-order valence-corrected chi connectivity index (χ4v) is 1.59.